The smallest absolute Gasteiger partial charge is 0.303 e. The van der Waals surface area contributed by atoms with Crippen LogP contribution in [-0.4, -0.2) is 25.4 Å². The van der Waals surface area contributed by atoms with Crippen LogP contribution in [0, 0.1) is 16.2 Å². The minimum absolute atomic E-state index is 0.00537. The summed E-state index contributed by atoms with van der Waals surface area (Å²) in [7, 11) is 0. The summed E-state index contributed by atoms with van der Waals surface area (Å²) < 4.78 is 5.16. The maximum Gasteiger partial charge on any atom is 0.303 e. The number of ketones is 1. The number of allylic oxidation sites excluding steroid dienone is 1. The molecule has 0 aromatic rings. The van der Waals surface area contributed by atoms with Gasteiger partial charge in [0.15, 0.2) is 5.78 Å². The Labute approximate surface area is 181 Å². The molecule has 2 bridgehead atoms. The molecule has 0 heterocycles. The molecular weight excluding hydrogens is 528 g/mol. The Bertz CT molecular complexity index is 722. The van der Waals surface area contributed by atoms with E-state index in [0.29, 0.717) is 18.4 Å². The standard InChI is InChI=1S/C20H27Br3O3/c1-11(24)26-19-9-16(2,3)8-18(6,10-19)14(21)12-7-17(4,5)20(22,23)15(25)13(12)19/h14H,7-10H2,1-6H3. The quantitative estimate of drug-likeness (QED) is 0.292. The van der Waals surface area contributed by atoms with Crippen LogP contribution in [0.3, 0.4) is 0 Å². The van der Waals surface area contributed by atoms with E-state index in [1.165, 1.54) is 6.92 Å². The molecule has 3 atom stereocenters. The van der Waals surface area contributed by atoms with E-state index in [4.69, 9.17) is 4.74 Å². The maximum atomic E-state index is 13.7. The van der Waals surface area contributed by atoms with Crippen LogP contribution in [0.2, 0.25) is 0 Å². The monoisotopic (exact) mass is 552 g/mol. The molecular formula is C20H27Br3O3. The van der Waals surface area contributed by atoms with Crippen LogP contribution in [0.5, 0.6) is 0 Å². The third kappa shape index (κ3) is 2.92. The van der Waals surface area contributed by atoms with Crippen molar-refractivity contribution in [2.75, 3.05) is 0 Å². The average Bonchev–Trinajstić information content (AvgIpc) is 2.39. The molecule has 0 aromatic heterocycles. The first-order valence-corrected chi connectivity index (χ1v) is 11.6. The van der Waals surface area contributed by atoms with Crippen molar-refractivity contribution in [3.63, 3.8) is 0 Å². The number of halogens is 3. The van der Waals surface area contributed by atoms with Crippen LogP contribution in [-0.2, 0) is 14.3 Å². The van der Waals surface area contributed by atoms with Gasteiger partial charge in [-0.2, -0.15) is 0 Å². The van der Waals surface area contributed by atoms with Crippen LogP contribution in [0.4, 0.5) is 0 Å². The van der Waals surface area contributed by atoms with Gasteiger partial charge in [-0.3, -0.25) is 9.59 Å². The van der Waals surface area contributed by atoms with Crippen molar-refractivity contribution in [2.45, 2.75) is 80.9 Å². The zero-order valence-electron chi connectivity index (χ0n) is 16.3. The Kier molecular flexibility index (Phi) is 4.79. The van der Waals surface area contributed by atoms with Gasteiger partial charge >= 0.3 is 5.97 Å². The molecule has 26 heavy (non-hydrogen) atoms. The summed E-state index contributed by atoms with van der Waals surface area (Å²) >= 11 is 11.3. The number of hydrogen-bond acceptors (Lipinski definition) is 3. The molecule has 3 nitrogen and oxygen atoms in total. The van der Waals surface area contributed by atoms with Gasteiger partial charge in [0.25, 0.3) is 0 Å². The van der Waals surface area contributed by atoms with Crippen molar-refractivity contribution in [1.29, 1.82) is 0 Å². The van der Waals surface area contributed by atoms with Gasteiger partial charge in [0.2, 0.25) is 0 Å². The van der Waals surface area contributed by atoms with E-state index in [9.17, 15) is 9.59 Å². The third-order valence-corrected chi connectivity index (χ3v) is 10.9. The summed E-state index contributed by atoms with van der Waals surface area (Å²) in [6.45, 7) is 12.3. The SMILES string of the molecule is CC(=O)OC12CC(C)(C)CC(C)(C1)C(Br)C1=C2C(=O)C(Br)(Br)C(C)(C)C1. The minimum atomic E-state index is -0.860. The molecule has 3 aliphatic rings. The molecule has 0 radical (unpaired) electrons. The van der Waals surface area contributed by atoms with Crippen molar-refractivity contribution >= 4 is 59.5 Å². The lowest BCUT2D eigenvalue weighted by Crippen LogP contribution is -2.62. The highest BCUT2D eigenvalue weighted by Crippen LogP contribution is 2.67. The molecule has 0 spiro atoms. The highest BCUT2D eigenvalue weighted by Gasteiger charge is 2.66. The van der Waals surface area contributed by atoms with Gasteiger partial charge in [-0.25, -0.2) is 0 Å². The molecule has 1 fully saturated rings. The van der Waals surface area contributed by atoms with Crippen LogP contribution < -0.4 is 0 Å². The molecule has 6 heteroatoms. The van der Waals surface area contributed by atoms with Gasteiger partial charge in [-0.1, -0.05) is 82.4 Å². The van der Waals surface area contributed by atoms with Gasteiger partial charge in [0, 0.05) is 22.7 Å². The van der Waals surface area contributed by atoms with E-state index < -0.39 is 8.83 Å². The predicted octanol–water partition coefficient (Wildman–Crippen LogP) is 6.06. The van der Waals surface area contributed by atoms with Gasteiger partial charge in [-0.05, 0) is 42.1 Å². The second kappa shape index (κ2) is 5.91. The lowest BCUT2D eigenvalue weighted by Gasteiger charge is -2.61. The molecule has 1 saturated carbocycles. The van der Waals surface area contributed by atoms with Crippen molar-refractivity contribution in [3.05, 3.63) is 11.1 Å². The molecule has 0 aromatic carbocycles. The Morgan fingerprint density at radius 2 is 1.65 bits per heavy atom. The average molecular weight is 555 g/mol. The van der Waals surface area contributed by atoms with E-state index in [0.717, 1.165) is 18.4 Å². The van der Waals surface area contributed by atoms with Crippen LogP contribution >= 0.6 is 47.8 Å². The zero-order chi connectivity index (χ0) is 19.9. The van der Waals surface area contributed by atoms with E-state index in [1.807, 2.05) is 0 Å². The Morgan fingerprint density at radius 3 is 2.19 bits per heavy atom. The Hall–Kier alpha value is 0.320. The zero-order valence-corrected chi connectivity index (χ0v) is 21.0. The van der Waals surface area contributed by atoms with Gasteiger partial charge in [-0.15, -0.1) is 0 Å². The number of fused-ring (bicyclic) bond motifs is 3. The largest absolute Gasteiger partial charge is 0.454 e. The van der Waals surface area contributed by atoms with Crippen molar-refractivity contribution in [1.82, 2.24) is 0 Å². The minimum Gasteiger partial charge on any atom is -0.454 e. The third-order valence-electron chi connectivity index (χ3n) is 6.36. The van der Waals surface area contributed by atoms with E-state index in [-0.39, 0.29) is 32.8 Å². The molecule has 0 N–H and O–H groups in total. The van der Waals surface area contributed by atoms with Crippen LogP contribution in [0.1, 0.15) is 67.2 Å². The number of ether oxygens (including phenoxy) is 1. The Morgan fingerprint density at radius 1 is 1.08 bits per heavy atom. The fraction of sp³-hybridized carbons (Fsp3) is 0.800. The lowest BCUT2D eigenvalue weighted by molar-refractivity contribution is -0.169. The van der Waals surface area contributed by atoms with E-state index >= 15 is 0 Å². The number of Topliss-reactive ketones (excluding diaryl/α,β-unsaturated/α-hetero) is 1. The highest BCUT2D eigenvalue weighted by atomic mass is 79.9. The van der Waals surface area contributed by atoms with Crippen molar-refractivity contribution in [3.8, 4) is 0 Å². The second-order valence-electron chi connectivity index (χ2n) is 10.2. The van der Waals surface area contributed by atoms with Crippen molar-refractivity contribution in [2.24, 2.45) is 16.2 Å². The Balaban J connectivity index is 2.31. The number of carbonyl (C=O) groups excluding carboxylic acids is 2. The first-order valence-electron chi connectivity index (χ1n) is 9.07. The molecule has 146 valence electrons. The summed E-state index contributed by atoms with van der Waals surface area (Å²) in [4.78, 5) is 25.9. The van der Waals surface area contributed by atoms with E-state index in [1.54, 1.807) is 0 Å². The number of rotatable bonds is 1. The van der Waals surface area contributed by atoms with Gasteiger partial charge < -0.3 is 4.74 Å². The van der Waals surface area contributed by atoms with Crippen LogP contribution in [0.25, 0.3) is 0 Å². The summed E-state index contributed by atoms with van der Waals surface area (Å²) in [6.07, 6.45) is 3.15. The molecule has 3 unspecified atom stereocenters. The summed E-state index contributed by atoms with van der Waals surface area (Å²) in [5.41, 5.74) is 0.576. The van der Waals surface area contributed by atoms with Crippen molar-refractivity contribution < 1.29 is 14.3 Å². The summed E-state index contributed by atoms with van der Waals surface area (Å²) in [5.74, 6) is -0.327. The summed E-state index contributed by atoms with van der Waals surface area (Å²) in [5, 5.41) is 0. The van der Waals surface area contributed by atoms with Gasteiger partial charge in [0.05, 0.1) is 0 Å². The molecule has 0 aliphatic heterocycles. The topological polar surface area (TPSA) is 43.4 Å². The fourth-order valence-electron chi connectivity index (χ4n) is 5.88. The predicted molar refractivity (Wildman–Crippen MR) is 114 cm³/mol. The summed E-state index contributed by atoms with van der Waals surface area (Å²) in [6, 6.07) is 0. The number of esters is 1. The van der Waals surface area contributed by atoms with E-state index in [2.05, 4.69) is 82.4 Å². The first kappa shape index (κ1) is 21.0. The highest BCUT2D eigenvalue weighted by molar-refractivity contribution is 9.26. The molecule has 3 rings (SSSR count). The molecule has 0 amide bonds. The van der Waals surface area contributed by atoms with Crippen LogP contribution in [0.15, 0.2) is 11.1 Å². The number of carbonyl (C=O) groups is 2. The normalized spacial score (nSPS) is 40.0. The molecule has 0 saturated heterocycles. The number of alkyl halides is 3. The number of hydrogen-bond donors (Lipinski definition) is 0. The first-order chi connectivity index (χ1) is 11.6. The fourth-order valence-corrected chi connectivity index (χ4v) is 7.27. The second-order valence-corrected chi connectivity index (χ2v) is 14.5. The lowest BCUT2D eigenvalue weighted by atomic mass is 9.49. The maximum absolute atomic E-state index is 13.7. The molecule has 3 aliphatic carbocycles. The van der Waals surface area contributed by atoms with Gasteiger partial charge in [0.1, 0.15) is 8.83 Å².